The van der Waals surface area contributed by atoms with Gasteiger partial charge in [0, 0.05) is 17.6 Å². The average molecular weight is 410 g/mol. The highest BCUT2D eigenvalue weighted by Crippen LogP contribution is 2.23. The standard InChI is InChI=1S/C17H16ClN3O3S2/c1-20(9-13-6-7-14(18)26-13)16(23)19-12-4-2-11(3-5-12)8-21-15(22)10-25-17(21)24/h2-7H,8-10H2,1H3,(H,19,23). The van der Waals surface area contributed by atoms with Crippen molar-refractivity contribution >= 4 is 57.6 Å². The van der Waals surface area contributed by atoms with Crippen molar-refractivity contribution in [2.45, 2.75) is 13.1 Å². The number of carbonyl (C=O) groups is 3. The van der Waals surface area contributed by atoms with E-state index in [1.807, 2.05) is 6.07 Å². The monoisotopic (exact) mass is 409 g/mol. The van der Waals surface area contributed by atoms with Gasteiger partial charge in [-0.25, -0.2) is 4.79 Å². The number of anilines is 1. The van der Waals surface area contributed by atoms with Gasteiger partial charge in [-0.15, -0.1) is 11.3 Å². The third-order valence-electron chi connectivity index (χ3n) is 3.76. The smallest absolute Gasteiger partial charge is 0.321 e. The molecule has 0 saturated carbocycles. The van der Waals surface area contributed by atoms with Gasteiger partial charge >= 0.3 is 6.03 Å². The molecule has 1 aromatic carbocycles. The van der Waals surface area contributed by atoms with Crippen LogP contribution >= 0.6 is 34.7 Å². The maximum Gasteiger partial charge on any atom is 0.321 e. The van der Waals surface area contributed by atoms with Crippen LogP contribution in [0.25, 0.3) is 0 Å². The molecule has 0 aliphatic carbocycles. The van der Waals surface area contributed by atoms with Crippen molar-refractivity contribution in [1.29, 1.82) is 0 Å². The number of halogens is 1. The Morgan fingerprint density at radius 2 is 1.96 bits per heavy atom. The topological polar surface area (TPSA) is 69.7 Å². The Bertz CT molecular complexity index is 822. The normalized spacial score (nSPS) is 14.0. The summed E-state index contributed by atoms with van der Waals surface area (Å²) in [6, 6.07) is 10.5. The maximum atomic E-state index is 12.3. The van der Waals surface area contributed by atoms with Crippen LogP contribution in [0.15, 0.2) is 36.4 Å². The van der Waals surface area contributed by atoms with Gasteiger partial charge in [0.1, 0.15) is 0 Å². The molecular weight excluding hydrogens is 394 g/mol. The van der Waals surface area contributed by atoms with Crippen LogP contribution in [0, 0.1) is 0 Å². The van der Waals surface area contributed by atoms with Gasteiger partial charge in [0.15, 0.2) is 0 Å². The molecule has 1 aromatic heterocycles. The number of nitrogens with zero attached hydrogens (tertiary/aromatic N) is 2. The second-order valence-electron chi connectivity index (χ2n) is 5.72. The van der Waals surface area contributed by atoms with E-state index in [1.165, 1.54) is 16.2 Å². The van der Waals surface area contributed by atoms with Crippen LogP contribution in [0.4, 0.5) is 15.3 Å². The third-order valence-corrected chi connectivity index (χ3v) is 5.83. The minimum absolute atomic E-state index is 0.173. The van der Waals surface area contributed by atoms with Gasteiger partial charge in [0.2, 0.25) is 5.91 Å². The molecule has 1 fully saturated rings. The van der Waals surface area contributed by atoms with E-state index in [4.69, 9.17) is 11.6 Å². The van der Waals surface area contributed by atoms with Crippen LogP contribution in [0.1, 0.15) is 10.4 Å². The van der Waals surface area contributed by atoms with E-state index >= 15 is 0 Å². The number of urea groups is 1. The Morgan fingerprint density at radius 3 is 2.54 bits per heavy atom. The highest BCUT2D eigenvalue weighted by atomic mass is 35.5. The van der Waals surface area contributed by atoms with Crippen LogP contribution in [0.3, 0.4) is 0 Å². The Kier molecular flexibility index (Phi) is 5.85. The van der Waals surface area contributed by atoms with Crippen LogP contribution in [-0.4, -0.2) is 39.8 Å². The van der Waals surface area contributed by atoms with Crippen molar-refractivity contribution in [2.75, 3.05) is 18.1 Å². The summed E-state index contributed by atoms with van der Waals surface area (Å²) in [7, 11) is 1.71. The first kappa shape index (κ1) is 18.8. The summed E-state index contributed by atoms with van der Waals surface area (Å²) in [6.07, 6.45) is 0. The number of hydrogen-bond donors (Lipinski definition) is 1. The van der Waals surface area contributed by atoms with Gasteiger partial charge < -0.3 is 10.2 Å². The number of thiophene rings is 1. The zero-order chi connectivity index (χ0) is 18.7. The average Bonchev–Trinajstić information content (AvgIpc) is 3.16. The lowest BCUT2D eigenvalue weighted by Gasteiger charge is -2.17. The highest BCUT2D eigenvalue weighted by Gasteiger charge is 2.29. The number of benzene rings is 1. The van der Waals surface area contributed by atoms with Crippen molar-refractivity contribution in [3.05, 3.63) is 51.2 Å². The number of carbonyl (C=O) groups excluding carboxylic acids is 3. The van der Waals surface area contributed by atoms with Crippen molar-refractivity contribution in [3.8, 4) is 0 Å². The Balaban J connectivity index is 1.55. The zero-order valence-electron chi connectivity index (χ0n) is 13.9. The van der Waals surface area contributed by atoms with Gasteiger partial charge in [-0.1, -0.05) is 35.5 Å². The lowest BCUT2D eigenvalue weighted by molar-refractivity contribution is -0.125. The fraction of sp³-hybridized carbons (Fsp3) is 0.235. The number of imide groups is 1. The first-order valence-corrected chi connectivity index (χ1v) is 9.93. The van der Waals surface area contributed by atoms with E-state index in [2.05, 4.69) is 5.32 Å². The molecule has 4 amide bonds. The van der Waals surface area contributed by atoms with Crippen LogP contribution in [-0.2, 0) is 17.9 Å². The summed E-state index contributed by atoms with van der Waals surface area (Å²) >= 11 is 8.36. The minimum atomic E-state index is -0.233. The van der Waals surface area contributed by atoms with Crippen molar-refractivity contribution in [3.63, 3.8) is 0 Å². The van der Waals surface area contributed by atoms with Crippen molar-refractivity contribution in [2.24, 2.45) is 0 Å². The molecule has 6 nitrogen and oxygen atoms in total. The predicted octanol–water partition coefficient (Wildman–Crippen LogP) is 4.26. The van der Waals surface area contributed by atoms with Crippen LogP contribution < -0.4 is 5.32 Å². The number of amides is 4. The number of nitrogens with one attached hydrogen (secondary N) is 1. The van der Waals surface area contributed by atoms with Gasteiger partial charge in [-0.05, 0) is 29.8 Å². The summed E-state index contributed by atoms with van der Waals surface area (Å²) in [4.78, 5) is 39.3. The molecule has 1 saturated heterocycles. The van der Waals surface area contributed by atoms with E-state index in [0.717, 1.165) is 22.2 Å². The summed E-state index contributed by atoms with van der Waals surface area (Å²) < 4.78 is 0.692. The SMILES string of the molecule is CN(Cc1ccc(Cl)s1)C(=O)Nc1ccc(CN2C(=O)CSC2=O)cc1. The lowest BCUT2D eigenvalue weighted by atomic mass is 10.2. The molecule has 0 unspecified atom stereocenters. The zero-order valence-corrected chi connectivity index (χ0v) is 16.3. The molecule has 26 heavy (non-hydrogen) atoms. The van der Waals surface area contributed by atoms with Crippen LogP contribution in [0.2, 0.25) is 4.34 Å². The molecule has 136 valence electrons. The first-order chi connectivity index (χ1) is 12.4. The highest BCUT2D eigenvalue weighted by molar-refractivity contribution is 8.14. The molecule has 2 heterocycles. The fourth-order valence-electron chi connectivity index (χ4n) is 2.37. The second-order valence-corrected chi connectivity index (χ2v) is 8.45. The summed E-state index contributed by atoms with van der Waals surface area (Å²) in [5.41, 5.74) is 1.47. The van der Waals surface area contributed by atoms with Gasteiger partial charge in [0.25, 0.3) is 5.24 Å². The summed E-state index contributed by atoms with van der Waals surface area (Å²) in [5.74, 6) is 0.0297. The second kappa shape index (κ2) is 8.11. The Labute approximate surface area is 164 Å². The molecule has 1 N–H and O–H groups in total. The Morgan fingerprint density at radius 1 is 1.23 bits per heavy atom. The first-order valence-electron chi connectivity index (χ1n) is 7.75. The number of rotatable bonds is 5. The predicted molar refractivity (Wildman–Crippen MR) is 105 cm³/mol. The van der Waals surface area contributed by atoms with Gasteiger partial charge in [-0.3, -0.25) is 14.5 Å². The number of thioether (sulfide) groups is 1. The van der Waals surface area contributed by atoms with E-state index in [-0.39, 0.29) is 29.5 Å². The van der Waals surface area contributed by atoms with Crippen LogP contribution in [0.5, 0.6) is 0 Å². The molecule has 2 aromatic rings. The minimum Gasteiger partial charge on any atom is -0.322 e. The lowest BCUT2D eigenvalue weighted by Crippen LogP contribution is -2.30. The third kappa shape index (κ3) is 4.57. The van der Waals surface area contributed by atoms with E-state index in [9.17, 15) is 14.4 Å². The quantitative estimate of drug-likeness (QED) is 0.800. The maximum absolute atomic E-state index is 12.3. The molecule has 0 radical (unpaired) electrons. The number of hydrogen-bond acceptors (Lipinski definition) is 5. The van der Waals surface area contributed by atoms with E-state index in [0.29, 0.717) is 16.6 Å². The molecular formula is C17H16ClN3O3S2. The van der Waals surface area contributed by atoms with Crippen molar-refractivity contribution < 1.29 is 14.4 Å². The molecule has 1 aliphatic heterocycles. The molecule has 0 atom stereocenters. The van der Waals surface area contributed by atoms with E-state index < -0.39 is 0 Å². The molecule has 9 heteroatoms. The molecule has 3 rings (SSSR count). The summed E-state index contributed by atoms with van der Waals surface area (Å²) in [6.45, 7) is 0.718. The molecule has 1 aliphatic rings. The van der Waals surface area contributed by atoms with Gasteiger partial charge in [-0.2, -0.15) is 0 Å². The fourth-order valence-corrected chi connectivity index (χ4v) is 4.24. The van der Waals surface area contributed by atoms with Gasteiger partial charge in [0.05, 0.1) is 23.2 Å². The van der Waals surface area contributed by atoms with E-state index in [1.54, 1.807) is 42.3 Å². The Hall–Kier alpha value is -2.03. The van der Waals surface area contributed by atoms with Crippen molar-refractivity contribution in [1.82, 2.24) is 9.80 Å². The molecule has 0 bridgehead atoms. The summed E-state index contributed by atoms with van der Waals surface area (Å²) in [5, 5.41) is 2.59. The largest absolute Gasteiger partial charge is 0.322 e. The molecule has 0 spiro atoms.